The van der Waals surface area contributed by atoms with Gasteiger partial charge in [-0.2, -0.15) is 26.3 Å². The smallest absolute Gasteiger partial charge is 0.371 e. The zero-order valence-corrected chi connectivity index (χ0v) is 20.7. The number of carbonyl (C=O) groups excluding carboxylic acids is 1. The van der Waals surface area contributed by atoms with Crippen molar-refractivity contribution in [1.29, 1.82) is 0 Å². The number of hydrogen-bond acceptors (Lipinski definition) is 6. The van der Waals surface area contributed by atoms with Crippen molar-refractivity contribution in [2.24, 2.45) is 0 Å². The molecule has 0 atom stereocenters. The van der Waals surface area contributed by atoms with E-state index in [9.17, 15) is 41.3 Å². The minimum atomic E-state index is -4.86. The first-order valence-electron chi connectivity index (χ1n) is 12.2. The summed E-state index contributed by atoms with van der Waals surface area (Å²) in [5.41, 5.74) is -2.14. The van der Waals surface area contributed by atoms with Crippen LogP contribution in [0.1, 0.15) is 24.0 Å². The number of piperazine rings is 1. The third kappa shape index (κ3) is 6.91. The van der Waals surface area contributed by atoms with E-state index >= 15 is 0 Å². The SMILES string of the molecule is O=C(COC1CCN(c2ccc([N+](=O)[O-])c(C(F)(F)F)c2)CC1)N1CCN(c2ccc(C(F)(F)F)cc2)CC1. The Kier molecular flexibility index (Phi) is 8.23. The fourth-order valence-corrected chi connectivity index (χ4v) is 4.74. The number of amides is 1. The Balaban J connectivity index is 1.23. The summed E-state index contributed by atoms with van der Waals surface area (Å²) in [5, 5.41) is 11.0. The molecule has 0 bridgehead atoms. The number of alkyl halides is 6. The number of halogens is 6. The fourth-order valence-electron chi connectivity index (χ4n) is 4.74. The lowest BCUT2D eigenvalue weighted by Gasteiger charge is -2.37. The van der Waals surface area contributed by atoms with Crippen molar-refractivity contribution >= 4 is 23.0 Å². The van der Waals surface area contributed by atoms with Gasteiger partial charge in [-0.25, -0.2) is 0 Å². The van der Waals surface area contributed by atoms with Gasteiger partial charge in [0, 0.05) is 56.7 Å². The molecule has 0 N–H and O–H groups in total. The van der Waals surface area contributed by atoms with Gasteiger partial charge in [0.1, 0.15) is 12.2 Å². The van der Waals surface area contributed by atoms with E-state index in [1.165, 1.54) is 18.2 Å². The third-order valence-corrected chi connectivity index (χ3v) is 6.92. The first-order chi connectivity index (χ1) is 18.3. The molecule has 2 saturated heterocycles. The highest BCUT2D eigenvalue weighted by atomic mass is 19.4. The number of carbonyl (C=O) groups is 1. The van der Waals surface area contributed by atoms with Gasteiger partial charge in [0.2, 0.25) is 5.91 Å². The number of benzene rings is 2. The molecule has 2 aliphatic rings. The predicted octanol–water partition coefficient (Wildman–Crippen LogP) is 4.97. The number of piperidine rings is 1. The normalized spacial score (nSPS) is 17.4. The molecule has 14 heteroatoms. The van der Waals surface area contributed by atoms with Crippen LogP contribution in [0.3, 0.4) is 0 Å². The standard InChI is InChI=1S/C25H26F6N4O4/c26-24(27,28)17-1-3-18(4-2-17)33-11-13-34(14-12-33)23(36)16-39-20-7-9-32(10-8-20)19-5-6-22(35(37)38)21(15-19)25(29,30)31/h1-6,15,20H,7-14,16H2. The van der Waals surface area contributed by atoms with Gasteiger partial charge in [0.05, 0.1) is 16.6 Å². The van der Waals surface area contributed by atoms with E-state index in [0.717, 1.165) is 24.3 Å². The number of hydrogen-bond donors (Lipinski definition) is 0. The van der Waals surface area contributed by atoms with E-state index in [0.29, 0.717) is 57.8 Å². The molecule has 2 aromatic rings. The van der Waals surface area contributed by atoms with Crippen molar-refractivity contribution in [3.8, 4) is 0 Å². The molecule has 0 unspecified atom stereocenters. The van der Waals surface area contributed by atoms with Gasteiger partial charge in [0.25, 0.3) is 5.69 Å². The average molecular weight is 560 g/mol. The largest absolute Gasteiger partial charge is 0.423 e. The summed E-state index contributed by atoms with van der Waals surface area (Å²) in [7, 11) is 0. The first kappa shape index (κ1) is 28.5. The predicted molar refractivity (Wildman–Crippen MR) is 130 cm³/mol. The van der Waals surface area contributed by atoms with E-state index < -0.39 is 34.1 Å². The van der Waals surface area contributed by atoms with Crippen LogP contribution in [0.4, 0.5) is 43.4 Å². The molecule has 0 saturated carbocycles. The zero-order chi connectivity index (χ0) is 28.4. The van der Waals surface area contributed by atoms with E-state index in [2.05, 4.69) is 0 Å². The second kappa shape index (κ2) is 11.3. The summed E-state index contributed by atoms with van der Waals surface area (Å²) in [6.07, 6.45) is -8.59. The molecule has 2 heterocycles. The minimum absolute atomic E-state index is 0.152. The van der Waals surface area contributed by atoms with Gasteiger partial charge in [0.15, 0.2) is 0 Å². The lowest BCUT2D eigenvalue weighted by atomic mass is 10.1. The molecule has 2 fully saturated rings. The topological polar surface area (TPSA) is 79.2 Å². The summed E-state index contributed by atoms with van der Waals surface area (Å²) in [6.45, 7) is 2.28. The Morgan fingerprint density at radius 3 is 1.95 bits per heavy atom. The zero-order valence-electron chi connectivity index (χ0n) is 20.7. The second-order valence-corrected chi connectivity index (χ2v) is 9.37. The van der Waals surface area contributed by atoms with Gasteiger partial charge >= 0.3 is 12.4 Å². The molecule has 2 aromatic carbocycles. The molecular weight excluding hydrogens is 534 g/mol. The van der Waals surface area contributed by atoms with Gasteiger partial charge in [-0.3, -0.25) is 14.9 Å². The van der Waals surface area contributed by atoms with Crippen LogP contribution in [0.5, 0.6) is 0 Å². The molecule has 39 heavy (non-hydrogen) atoms. The highest BCUT2D eigenvalue weighted by Crippen LogP contribution is 2.39. The van der Waals surface area contributed by atoms with Crippen molar-refractivity contribution < 1.29 is 40.8 Å². The summed E-state index contributed by atoms with van der Waals surface area (Å²) >= 11 is 0. The average Bonchev–Trinajstić information content (AvgIpc) is 2.91. The molecule has 1 amide bonds. The molecule has 4 rings (SSSR count). The van der Waals surface area contributed by atoms with Gasteiger partial charge in [-0.1, -0.05) is 0 Å². The molecule has 0 radical (unpaired) electrons. The van der Waals surface area contributed by atoms with E-state index in [-0.39, 0.29) is 24.3 Å². The lowest BCUT2D eigenvalue weighted by Crippen LogP contribution is -2.50. The molecule has 0 aliphatic carbocycles. The van der Waals surface area contributed by atoms with Gasteiger partial charge in [-0.05, 0) is 49.2 Å². The fraction of sp³-hybridized carbons (Fsp3) is 0.480. The van der Waals surface area contributed by atoms with Crippen molar-refractivity contribution in [2.45, 2.75) is 31.3 Å². The number of nitro benzene ring substituents is 1. The van der Waals surface area contributed by atoms with Crippen LogP contribution in [0.25, 0.3) is 0 Å². The Morgan fingerprint density at radius 2 is 1.41 bits per heavy atom. The highest BCUT2D eigenvalue weighted by molar-refractivity contribution is 5.77. The quantitative estimate of drug-likeness (QED) is 0.282. The molecule has 212 valence electrons. The van der Waals surface area contributed by atoms with Crippen LogP contribution < -0.4 is 9.80 Å². The van der Waals surface area contributed by atoms with E-state index in [4.69, 9.17) is 4.74 Å². The van der Waals surface area contributed by atoms with E-state index in [1.807, 2.05) is 4.90 Å². The van der Waals surface area contributed by atoms with Crippen molar-refractivity contribution in [2.75, 3.05) is 55.7 Å². The number of nitrogens with zero attached hydrogens (tertiary/aromatic N) is 4. The molecular formula is C25H26F6N4O4. The maximum Gasteiger partial charge on any atom is 0.423 e. The Hall–Kier alpha value is -3.55. The lowest BCUT2D eigenvalue weighted by molar-refractivity contribution is -0.388. The van der Waals surface area contributed by atoms with Gasteiger partial charge in [-0.15, -0.1) is 0 Å². The summed E-state index contributed by atoms with van der Waals surface area (Å²) in [4.78, 5) is 27.8. The van der Waals surface area contributed by atoms with Crippen LogP contribution in [-0.2, 0) is 21.9 Å². The number of ether oxygens (including phenoxy) is 1. The maximum atomic E-state index is 13.3. The van der Waals surface area contributed by atoms with Crippen molar-refractivity contribution in [1.82, 2.24) is 4.90 Å². The maximum absolute atomic E-state index is 13.3. The van der Waals surface area contributed by atoms with Crippen LogP contribution in [0.2, 0.25) is 0 Å². The molecule has 0 spiro atoms. The van der Waals surface area contributed by atoms with Crippen LogP contribution in [0.15, 0.2) is 42.5 Å². The Bertz CT molecular complexity index is 1170. The van der Waals surface area contributed by atoms with Crippen LogP contribution >= 0.6 is 0 Å². The summed E-state index contributed by atoms with van der Waals surface area (Å²) in [5.74, 6) is -0.213. The van der Waals surface area contributed by atoms with Crippen LogP contribution in [0, 0.1) is 10.1 Å². The van der Waals surface area contributed by atoms with E-state index in [1.54, 1.807) is 9.80 Å². The summed E-state index contributed by atoms with van der Waals surface area (Å²) in [6, 6.07) is 7.82. The molecule has 8 nitrogen and oxygen atoms in total. The Labute approximate surface area is 219 Å². The molecule has 0 aromatic heterocycles. The Morgan fingerprint density at radius 1 is 0.846 bits per heavy atom. The number of rotatable bonds is 6. The first-order valence-corrected chi connectivity index (χ1v) is 12.2. The monoisotopic (exact) mass is 560 g/mol. The number of nitro groups is 1. The van der Waals surface area contributed by atoms with Crippen molar-refractivity contribution in [3.05, 3.63) is 63.7 Å². The summed E-state index contributed by atoms with van der Waals surface area (Å²) < 4.78 is 83.9. The minimum Gasteiger partial charge on any atom is -0.371 e. The third-order valence-electron chi connectivity index (χ3n) is 6.92. The molecule has 2 aliphatic heterocycles. The van der Waals surface area contributed by atoms with Crippen molar-refractivity contribution in [3.63, 3.8) is 0 Å². The van der Waals surface area contributed by atoms with Gasteiger partial charge < -0.3 is 19.4 Å². The second-order valence-electron chi connectivity index (χ2n) is 9.37. The number of anilines is 2. The van der Waals surface area contributed by atoms with Crippen LogP contribution in [-0.4, -0.2) is 67.7 Å². The highest BCUT2D eigenvalue weighted by Gasteiger charge is 2.39.